The number of hydrogen-bond acceptors (Lipinski definition) is 7. The molecule has 36 heavy (non-hydrogen) atoms. The first-order valence-corrected chi connectivity index (χ1v) is 16.4. The second-order valence-corrected chi connectivity index (χ2v) is 16.4. The van der Waals surface area contributed by atoms with E-state index in [9.17, 15) is 4.79 Å². The molecule has 0 spiro atoms. The van der Waals surface area contributed by atoms with E-state index < -0.39 is 8.32 Å². The number of hydrogen-bond donors (Lipinski definition) is 0. The molecule has 0 saturated heterocycles. The van der Waals surface area contributed by atoms with Crippen LogP contribution in [0.1, 0.15) is 52.5 Å². The third kappa shape index (κ3) is 8.18. The molecular formula is C27H43IO7Si. The largest absolute Gasteiger partial charge is 0.493 e. The molecule has 0 fully saturated rings. The highest BCUT2D eigenvalue weighted by molar-refractivity contribution is 14.1. The zero-order chi connectivity index (χ0) is 27.1. The molecule has 9 heteroatoms. The smallest absolute Gasteiger partial charge is 0.302 e. The number of rotatable bonds is 12. The Balaban J connectivity index is 2.46. The van der Waals surface area contributed by atoms with E-state index in [2.05, 4.69) is 62.5 Å². The quantitative estimate of drug-likeness (QED) is 0.0883. The maximum atomic E-state index is 11.4. The third-order valence-corrected chi connectivity index (χ3v) is 12.7. The maximum Gasteiger partial charge on any atom is 0.302 e. The number of allylic oxidation sites excluding steroid dienone is 1. The Bertz CT molecular complexity index is 906. The first kappa shape index (κ1) is 31.1. The van der Waals surface area contributed by atoms with Gasteiger partial charge in [0.25, 0.3) is 0 Å². The van der Waals surface area contributed by atoms with Crippen LogP contribution in [0.3, 0.4) is 0 Å². The van der Waals surface area contributed by atoms with Crippen molar-refractivity contribution >= 4 is 36.9 Å². The van der Waals surface area contributed by atoms with Crippen LogP contribution in [0.25, 0.3) is 0 Å². The number of esters is 1. The maximum absolute atomic E-state index is 11.4. The topological polar surface area (TPSA) is 72.5 Å². The zero-order valence-corrected chi connectivity index (χ0v) is 26.4. The highest BCUT2D eigenvalue weighted by Crippen LogP contribution is 2.42. The van der Waals surface area contributed by atoms with Gasteiger partial charge in [-0.05, 0) is 70.8 Å². The summed E-state index contributed by atoms with van der Waals surface area (Å²) in [6, 6.07) is 3.93. The second-order valence-electron chi connectivity index (χ2n) is 10.6. The van der Waals surface area contributed by atoms with Crippen LogP contribution < -0.4 is 9.47 Å². The molecule has 0 amide bonds. The molecule has 1 aliphatic rings. The normalized spacial score (nSPS) is 18.7. The lowest BCUT2D eigenvalue weighted by molar-refractivity contribution is -0.140. The predicted molar refractivity (Wildman–Crippen MR) is 152 cm³/mol. The van der Waals surface area contributed by atoms with Crippen LogP contribution in [0.2, 0.25) is 18.1 Å². The van der Waals surface area contributed by atoms with Gasteiger partial charge >= 0.3 is 5.97 Å². The van der Waals surface area contributed by atoms with Crippen molar-refractivity contribution in [1.29, 1.82) is 0 Å². The van der Waals surface area contributed by atoms with E-state index in [0.29, 0.717) is 30.9 Å². The van der Waals surface area contributed by atoms with Crippen LogP contribution in [0.15, 0.2) is 23.8 Å². The molecule has 2 rings (SSSR count). The standard InChI is InChI=1S/C27H43IO7Si/c1-18(29)33-16-15-19-11-10-12-22(35-36(8,9)27(2,3)4)25(19)34-26-21(30-5)14-13-20(24(26)28)17-23(31-6)32-7/h11,13-14,22-23,25H,10,12,15-17H2,1-9H3/t22-,25-/m0/s1. The molecule has 1 aromatic carbocycles. The van der Waals surface area contributed by atoms with Gasteiger partial charge in [0.15, 0.2) is 26.1 Å². The van der Waals surface area contributed by atoms with Crippen LogP contribution in [0, 0.1) is 3.57 Å². The average Bonchev–Trinajstić information content (AvgIpc) is 2.80. The summed E-state index contributed by atoms with van der Waals surface area (Å²) in [6.45, 7) is 13.0. The molecule has 1 aliphatic carbocycles. The fourth-order valence-electron chi connectivity index (χ4n) is 3.90. The molecule has 2 atom stereocenters. The summed E-state index contributed by atoms with van der Waals surface area (Å²) in [7, 11) is 2.84. The molecule has 0 N–H and O–H groups in total. The third-order valence-electron chi connectivity index (χ3n) is 7.03. The molecule has 0 unspecified atom stereocenters. The lowest BCUT2D eigenvalue weighted by Crippen LogP contribution is -2.49. The van der Waals surface area contributed by atoms with E-state index >= 15 is 0 Å². The van der Waals surface area contributed by atoms with Crippen molar-refractivity contribution in [2.24, 2.45) is 0 Å². The number of methoxy groups -OCH3 is 3. The molecule has 0 aromatic heterocycles. The minimum atomic E-state index is -2.07. The Kier molecular flexibility index (Phi) is 11.7. The molecule has 1 aromatic rings. The molecule has 0 radical (unpaired) electrons. The van der Waals surface area contributed by atoms with Crippen LogP contribution in [0.4, 0.5) is 0 Å². The van der Waals surface area contributed by atoms with Gasteiger partial charge in [0, 0.05) is 34.0 Å². The number of ether oxygens (including phenoxy) is 5. The highest BCUT2D eigenvalue weighted by Gasteiger charge is 2.43. The first-order valence-electron chi connectivity index (χ1n) is 12.4. The van der Waals surface area contributed by atoms with Crippen molar-refractivity contribution in [3.8, 4) is 11.5 Å². The van der Waals surface area contributed by atoms with Crippen molar-refractivity contribution in [2.45, 2.75) is 90.0 Å². The molecule has 0 saturated carbocycles. The Hall–Kier alpha value is -1.14. The van der Waals surface area contributed by atoms with Crippen LogP contribution in [-0.2, 0) is 29.9 Å². The lowest BCUT2D eigenvalue weighted by atomic mass is 9.91. The summed E-state index contributed by atoms with van der Waals surface area (Å²) in [5.74, 6) is 1.05. The Morgan fingerprint density at radius 2 is 1.83 bits per heavy atom. The number of halogens is 1. The minimum Gasteiger partial charge on any atom is -0.493 e. The summed E-state index contributed by atoms with van der Waals surface area (Å²) in [6.07, 6.45) is 4.34. The molecular weight excluding hydrogens is 591 g/mol. The van der Waals surface area contributed by atoms with Crippen LogP contribution >= 0.6 is 22.6 Å². The Morgan fingerprint density at radius 1 is 1.17 bits per heavy atom. The molecule has 7 nitrogen and oxygen atoms in total. The van der Waals surface area contributed by atoms with Crippen LogP contribution in [-0.4, -0.2) is 60.7 Å². The van der Waals surface area contributed by atoms with E-state index in [1.807, 2.05) is 12.1 Å². The van der Waals surface area contributed by atoms with E-state index in [1.165, 1.54) is 6.92 Å². The fourth-order valence-corrected chi connectivity index (χ4v) is 6.05. The predicted octanol–water partition coefficient (Wildman–Crippen LogP) is 6.27. The number of benzene rings is 1. The van der Waals surface area contributed by atoms with Gasteiger partial charge in [0.05, 0.1) is 23.4 Å². The van der Waals surface area contributed by atoms with Crippen molar-refractivity contribution in [1.82, 2.24) is 0 Å². The summed E-state index contributed by atoms with van der Waals surface area (Å²) >= 11 is 2.31. The van der Waals surface area contributed by atoms with Gasteiger partial charge in [-0.1, -0.05) is 32.9 Å². The monoisotopic (exact) mass is 634 g/mol. The molecule has 0 heterocycles. The number of carbonyl (C=O) groups excluding carboxylic acids is 1. The van der Waals surface area contributed by atoms with Crippen molar-refractivity contribution in [3.05, 3.63) is 32.9 Å². The van der Waals surface area contributed by atoms with Gasteiger partial charge in [-0.2, -0.15) is 0 Å². The lowest BCUT2D eigenvalue weighted by Gasteiger charge is -2.43. The zero-order valence-electron chi connectivity index (χ0n) is 23.2. The Labute approximate surface area is 231 Å². The van der Waals surface area contributed by atoms with Gasteiger partial charge in [-0.15, -0.1) is 0 Å². The first-order chi connectivity index (χ1) is 16.8. The van der Waals surface area contributed by atoms with E-state index in [4.69, 9.17) is 28.1 Å². The molecule has 204 valence electrons. The minimum absolute atomic E-state index is 0.0674. The highest BCUT2D eigenvalue weighted by atomic mass is 127. The van der Waals surface area contributed by atoms with Gasteiger partial charge in [-0.25, -0.2) is 0 Å². The summed E-state index contributed by atoms with van der Waals surface area (Å²) < 4.78 is 36.5. The van der Waals surface area contributed by atoms with Crippen LogP contribution in [0.5, 0.6) is 11.5 Å². The number of carbonyl (C=O) groups is 1. The van der Waals surface area contributed by atoms with Gasteiger partial charge in [0.1, 0.15) is 6.10 Å². The summed E-state index contributed by atoms with van der Waals surface area (Å²) in [5, 5.41) is 0.0674. The van der Waals surface area contributed by atoms with Crippen molar-refractivity contribution < 1.29 is 32.9 Å². The van der Waals surface area contributed by atoms with Gasteiger partial charge in [-0.3, -0.25) is 4.79 Å². The van der Waals surface area contributed by atoms with Crippen molar-refractivity contribution in [3.63, 3.8) is 0 Å². The Morgan fingerprint density at radius 3 is 2.39 bits per heavy atom. The van der Waals surface area contributed by atoms with E-state index in [-0.39, 0.29) is 29.5 Å². The van der Waals surface area contributed by atoms with E-state index in [0.717, 1.165) is 27.5 Å². The van der Waals surface area contributed by atoms with Crippen molar-refractivity contribution in [2.75, 3.05) is 27.9 Å². The average molecular weight is 635 g/mol. The van der Waals surface area contributed by atoms with E-state index in [1.54, 1.807) is 21.3 Å². The van der Waals surface area contributed by atoms with Gasteiger partial charge in [0.2, 0.25) is 0 Å². The second kappa shape index (κ2) is 13.6. The SMILES string of the molecule is COc1ccc(CC(OC)OC)c(I)c1O[C@H]1C(CCOC(C)=O)=CCC[C@@H]1O[Si](C)(C)C(C)(C)C. The molecule has 0 bridgehead atoms. The summed E-state index contributed by atoms with van der Waals surface area (Å²) in [5.41, 5.74) is 2.13. The molecule has 0 aliphatic heterocycles. The fraction of sp³-hybridized carbons (Fsp3) is 0.667. The van der Waals surface area contributed by atoms with Gasteiger partial charge < -0.3 is 28.1 Å². The summed E-state index contributed by atoms with van der Waals surface area (Å²) in [4.78, 5) is 11.4.